The second kappa shape index (κ2) is 4.31. The van der Waals surface area contributed by atoms with Crippen molar-refractivity contribution in [2.45, 2.75) is 13.8 Å². The van der Waals surface area contributed by atoms with Crippen LogP contribution in [0.2, 0.25) is 0 Å². The van der Waals surface area contributed by atoms with Gasteiger partial charge in [-0.2, -0.15) is 0 Å². The Morgan fingerprint density at radius 1 is 1.25 bits per heavy atom. The molecule has 0 atom stereocenters. The lowest BCUT2D eigenvalue weighted by atomic mass is 10.2. The molecule has 0 aliphatic carbocycles. The van der Waals surface area contributed by atoms with Gasteiger partial charge in [-0.25, -0.2) is 4.99 Å². The number of fused-ring (bicyclic) bond motifs is 1. The molecule has 1 heterocycles. The molecule has 0 fully saturated rings. The van der Waals surface area contributed by atoms with Crippen LogP contribution in [0.15, 0.2) is 41.5 Å². The molecule has 0 unspecified atom stereocenters. The Morgan fingerprint density at radius 3 is 2.75 bits per heavy atom. The van der Waals surface area contributed by atoms with E-state index in [1.165, 1.54) is 0 Å². The molecular formula is C13H15N3. The molecule has 1 aromatic carbocycles. The van der Waals surface area contributed by atoms with Crippen molar-refractivity contribution < 1.29 is 0 Å². The molecule has 2 aromatic rings. The van der Waals surface area contributed by atoms with Crippen molar-refractivity contribution in [3.63, 3.8) is 0 Å². The largest absolute Gasteiger partial charge is 0.387 e. The van der Waals surface area contributed by atoms with Crippen LogP contribution in [0.3, 0.4) is 0 Å². The molecule has 82 valence electrons. The molecule has 0 aliphatic rings. The van der Waals surface area contributed by atoms with Gasteiger partial charge in [0.25, 0.3) is 0 Å². The summed E-state index contributed by atoms with van der Waals surface area (Å²) in [5, 5.41) is 1.08. The minimum Gasteiger partial charge on any atom is -0.387 e. The van der Waals surface area contributed by atoms with Crippen molar-refractivity contribution in [3.05, 3.63) is 36.5 Å². The first-order valence-electron chi connectivity index (χ1n) is 5.36. The molecule has 0 aliphatic heterocycles. The summed E-state index contributed by atoms with van der Waals surface area (Å²) in [5.74, 6) is 0.886. The van der Waals surface area contributed by atoms with E-state index in [0.717, 1.165) is 16.6 Å². The number of aliphatic imine (C=N–C) groups is 1. The third-order valence-electron chi connectivity index (χ3n) is 2.45. The number of benzene rings is 1. The fourth-order valence-electron chi connectivity index (χ4n) is 1.45. The van der Waals surface area contributed by atoms with Gasteiger partial charge in [0.2, 0.25) is 0 Å². The van der Waals surface area contributed by atoms with E-state index in [-0.39, 0.29) is 5.92 Å². The van der Waals surface area contributed by atoms with E-state index in [9.17, 15) is 0 Å². The summed E-state index contributed by atoms with van der Waals surface area (Å²) in [5.41, 5.74) is 7.60. The lowest BCUT2D eigenvalue weighted by Gasteiger charge is -2.05. The average Bonchev–Trinajstić information content (AvgIpc) is 2.29. The number of nitrogens with two attached hydrogens (primary N) is 1. The van der Waals surface area contributed by atoms with E-state index in [1.54, 1.807) is 6.20 Å². The van der Waals surface area contributed by atoms with E-state index in [4.69, 9.17) is 5.73 Å². The molecule has 16 heavy (non-hydrogen) atoms. The number of hydrogen-bond acceptors (Lipinski definition) is 2. The number of rotatable bonds is 2. The van der Waals surface area contributed by atoms with Crippen LogP contribution < -0.4 is 5.73 Å². The van der Waals surface area contributed by atoms with Crippen LogP contribution in [0.25, 0.3) is 10.9 Å². The molecule has 0 bridgehead atoms. The summed E-state index contributed by atoms with van der Waals surface area (Å²) < 4.78 is 0. The third kappa shape index (κ3) is 2.03. The molecule has 3 heteroatoms. The molecule has 2 rings (SSSR count). The van der Waals surface area contributed by atoms with Gasteiger partial charge < -0.3 is 5.73 Å². The van der Waals surface area contributed by atoms with E-state index in [2.05, 4.69) is 9.98 Å². The summed E-state index contributed by atoms with van der Waals surface area (Å²) in [7, 11) is 0. The van der Waals surface area contributed by atoms with Gasteiger partial charge in [-0.05, 0) is 12.1 Å². The summed E-state index contributed by atoms with van der Waals surface area (Å²) in [6, 6.07) is 9.86. The third-order valence-corrected chi connectivity index (χ3v) is 2.45. The van der Waals surface area contributed by atoms with Gasteiger partial charge in [0.05, 0.1) is 11.2 Å². The van der Waals surface area contributed by atoms with Crippen LogP contribution in [0.4, 0.5) is 5.69 Å². The first-order chi connectivity index (χ1) is 7.68. The summed E-state index contributed by atoms with van der Waals surface area (Å²) in [6.07, 6.45) is 1.77. The molecule has 1 aromatic heterocycles. The fraction of sp³-hybridized carbons (Fsp3) is 0.231. The number of amidine groups is 1. The van der Waals surface area contributed by atoms with Gasteiger partial charge in [-0.1, -0.05) is 32.0 Å². The maximum atomic E-state index is 5.86. The summed E-state index contributed by atoms with van der Waals surface area (Å²) in [4.78, 5) is 8.75. The maximum absolute atomic E-state index is 5.86. The Hall–Kier alpha value is -1.90. The monoisotopic (exact) mass is 213 g/mol. The minimum atomic E-state index is 0.249. The molecule has 2 N–H and O–H groups in total. The summed E-state index contributed by atoms with van der Waals surface area (Å²) in [6.45, 7) is 4.05. The van der Waals surface area contributed by atoms with Crippen LogP contribution in [-0.4, -0.2) is 10.8 Å². The number of pyridine rings is 1. The van der Waals surface area contributed by atoms with E-state index in [1.807, 2.05) is 44.2 Å². The van der Waals surface area contributed by atoms with Crippen molar-refractivity contribution in [1.29, 1.82) is 0 Å². The molecule has 0 saturated heterocycles. The lowest BCUT2D eigenvalue weighted by Crippen LogP contribution is -2.18. The molecule has 3 nitrogen and oxygen atoms in total. The zero-order valence-corrected chi connectivity index (χ0v) is 9.51. The van der Waals surface area contributed by atoms with Crippen LogP contribution in [0.1, 0.15) is 13.8 Å². The first-order valence-corrected chi connectivity index (χ1v) is 5.36. The molecule has 0 saturated carbocycles. The van der Waals surface area contributed by atoms with Crippen molar-refractivity contribution >= 4 is 22.4 Å². The highest BCUT2D eigenvalue weighted by Gasteiger charge is 2.03. The number of nitrogens with zero attached hydrogens (tertiary/aromatic N) is 2. The van der Waals surface area contributed by atoms with Gasteiger partial charge in [-0.15, -0.1) is 0 Å². The van der Waals surface area contributed by atoms with Crippen LogP contribution in [0.5, 0.6) is 0 Å². The molecule has 0 radical (unpaired) electrons. The Bertz CT molecular complexity index is 524. The van der Waals surface area contributed by atoms with Crippen LogP contribution in [-0.2, 0) is 0 Å². The lowest BCUT2D eigenvalue weighted by molar-refractivity contribution is 0.873. The zero-order valence-electron chi connectivity index (χ0n) is 9.51. The van der Waals surface area contributed by atoms with Gasteiger partial charge in [0, 0.05) is 17.5 Å². The SMILES string of the molecule is CC(C)C(N)=Nc1cccc2cccnc12. The Labute approximate surface area is 95.0 Å². The average molecular weight is 213 g/mol. The van der Waals surface area contributed by atoms with Crippen molar-refractivity contribution in [2.75, 3.05) is 0 Å². The Kier molecular flexibility index (Phi) is 2.86. The maximum Gasteiger partial charge on any atom is 0.102 e. The second-order valence-corrected chi connectivity index (χ2v) is 4.04. The topological polar surface area (TPSA) is 51.3 Å². The highest BCUT2D eigenvalue weighted by molar-refractivity contribution is 5.93. The van der Waals surface area contributed by atoms with Crippen LogP contribution >= 0.6 is 0 Å². The number of para-hydroxylation sites is 1. The fourth-order valence-corrected chi connectivity index (χ4v) is 1.45. The quantitative estimate of drug-likeness (QED) is 0.616. The van der Waals surface area contributed by atoms with Crippen LogP contribution in [0, 0.1) is 5.92 Å². The standard InChI is InChI=1S/C13H15N3/c1-9(2)13(14)16-11-7-3-5-10-6-4-8-15-12(10)11/h3-9H,1-2H3,(H2,14,16). The summed E-state index contributed by atoms with van der Waals surface area (Å²) >= 11 is 0. The van der Waals surface area contributed by atoms with Gasteiger partial charge in [0.1, 0.15) is 5.84 Å². The van der Waals surface area contributed by atoms with Crippen molar-refractivity contribution in [3.8, 4) is 0 Å². The van der Waals surface area contributed by atoms with E-state index in [0.29, 0.717) is 5.84 Å². The van der Waals surface area contributed by atoms with Gasteiger partial charge in [0.15, 0.2) is 0 Å². The first kappa shape index (κ1) is 10.6. The molecule has 0 amide bonds. The van der Waals surface area contributed by atoms with Crippen molar-refractivity contribution in [1.82, 2.24) is 4.98 Å². The normalized spacial score (nSPS) is 12.3. The predicted molar refractivity (Wildman–Crippen MR) is 67.9 cm³/mol. The number of aromatic nitrogens is 1. The number of hydrogen-bond donors (Lipinski definition) is 1. The molecular weight excluding hydrogens is 198 g/mol. The van der Waals surface area contributed by atoms with E-state index >= 15 is 0 Å². The van der Waals surface area contributed by atoms with Gasteiger partial charge >= 0.3 is 0 Å². The Morgan fingerprint density at radius 2 is 2.00 bits per heavy atom. The minimum absolute atomic E-state index is 0.249. The smallest absolute Gasteiger partial charge is 0.102 e. The highest BCUT2D eigenvalue weighted by Crippen LogP contribution is 2.23. The van der Waals surface area contributed by atoms with Crippen molar-refractivity contribution in [2.24, 2.45) is 16.6 Å². The van der Waals surface area contributed by atoms with Gasteiger partial charge in [-0.3, -0.25) is 4.98 Å². The predicted octanol–water partition coefficient (Wildman–Crippen LogP) is 2.88. The van der Waals surface area contributed by atoms with E-state index < -0.39 is 0 Å². The second-order valence-electron chi connectivity index (χ2n) is 4.04. The zero-order chi connectivity index (χ0) is 11.5. The highest BCUT2D eigenvalue weighted by atomic mass is 14.9. The molecule has 0 spiro atoms. The Balaban J connectivity index is 2.57.